The number of hydrogen-bond donors (Lipinski definition) is 0. The molecule has 0 N–H and O–H groups in total. The zero-order valence-corrected chi connectivity index (χ0v) is 15.1. The standard InChI is InChI=1S/C22H18N2OS/c25-22-21-20(18(13-26-21)16-7-2-1-3-8-16)23-14-24(22)19-12-6-10-15-9-4-5-11-17(15)19/h1-5,7-9,11,13-14,19H,6,10,12H2. The number of nitrogens with zero attached hydrogens (tertiary/aromatic N) is 2. The first-order valence-electron chi connectivity index (χ1n) is 8.94. The molecule has 0 fully saturated rings. The van der Waals surface area contributed by atoms with Crippen molar-refractivity contribution >= 4 is 21.6 Å². The topological polar surface area (TPSA) is 34.9 Å². The highest BCUT2D eigenvalue weighted by molar-refractivity contribution is 7.17. The van der Waals surface area contributed by atoms with Crippen molar-refractivity contribution in [1.29, 1.82) is 0 Å². The van der Waals surface area contributed by atoms with Crippen LogP contribution in [-0.2, 0) is 6.42 Å². The molecule has 0 saturated carbocycles. The molecule has 1 atom stereocenters. The summed E-state index contributed by atoms with van der Waals surface area (Å²) in [5.41, 5.74) is 5.65. The van der Waals surface area contributed by atoms with Crippen molar-refractivity contribution in [3.63, 3.8) is 0 Å². The Balaban J connectivity index is 1.66. The predicted octanol–water partition coefficient (Wildman–Crippen LogP) is 5.05. The molecule has 4 aromatic rings. The summed E-state index contributed by atoms with van der Waals surface area (Å²) < 4.78 is 2.58. The average Bonchev–Trinajstić information content (AvgIpc) is 3.14. The Hall–Kier alpha value is -2.72. The lowest BCUT2D eigenvalue weighted by Crippen LogP contribution is -2.28. The molecule has 0 radical (unpaired) electrons. The first kappa shape index (κ1) is 15.5. The molecule has 0 bridgehead atoms. The molecule has 0 amide bonds. The summed E-state index contributed by atoms with van der Waals surface area (Å²) in [6.45, 7) is 0. The maximum atomic E-state index is 13.2. The number of fused-ring (bicyclic) bond motifs is 2. The van der Waals surface area contributed by atoms with Crippen LogP contribution in [0.15, 0.2) is 71.1 Å². The Morgan fingerprint density at radius 3 is 2.73 bits per heavy atom. The van der Waals surface area contributed by atoms with E-state index in [4.69, 9.17) is 4.98 Å². The van der Waals surface area contributed by atoms with Gasteiger partial charge in [0.05, 0.1) is 17.9 Å². The van der Waals surface area contributed by atoms with E-state index >= 15 is 0 Å². The second-order valence-electron chi connectivity index (χ2n) is 6.76. The van der Waals surface area contributed by atoms with Gasteiger partial charge in [0.25, 0.3) is 5.56 Å². The minimum Gasteiger partial charge on any atom is -0.290 e. The van der Waals surface area contributed by atoms with Gasteiger partial charge in [0.2, 0.25) is 0 Å². The second kappa shape index (κ2) is 6.22. The summed E-state index contributed by atoms with van der Waals surface area (Å²) >= 11 is 1.50. The van der Waals surface area contributed by atoms with Crippen LogP contribution in [0.25, 0.3) is 21.3 Å². The molecule has 1 aliphatic carbocycles. The number of hydrogen-bond acceptors (Lipinski definition) is 3. The highest BCUT2D eigenvalue weighted by atomic mass is 32.1. The molecule has 5 rings (SSSR count). The smallest absolute Gasteiger partial charge is 0.271 e. The second-order valence-corrected chi connectivity index (χ2v) is 7.64. The number of aromatic nitrogens is 2. The summed E-state index contributed by atoms with van der Waals surface area (Å²) in [7, 11) is 0. The third-order valence-corrected chi connectivity index (χ3v) is 6.22. The van der Waals surface area contributed by atoms with Gasteiger partial charge in [0.1, 0.15) is 4.70 Å². The molecule has 0 aliphatic heterocycles. The molecule has 1 unspecified atom stereocenters. The molecular formula is C22H18N2OS. The van der Waals surface area contributed by atoms with E-state index in [1.54, 1.807) is 6.33 Å². The van der Waals surface area contributed by atoms with Gasteiger partial charge in [-0.3, -0.25) is 9.36 Å². The normalized spacial score (nSPS) is 16.5. The quantitative estimate of drug-likeness (QED) is 0.502. The highest BCUT2D eigenvalue weighted by Crippen LogP contribution is 2.34. The highest BCUT2D eigenvalue weighted by Gasteiger charge is 2.23. The van der Waals surface area contributed by atoms with Crippen LogP contribution in [0.2, 0.25) is 0 Å². The summed E-state index contributed by atoms with van der Waals surface area (Å²) in [5, 5.41) is 2.05. The molecule has 4 heteroatoms. The van der Waals surface area contributed by atoms with Gasteiger partial charge in [-0.15, -0.1) is 11.3 Å². The lowest BCUT2D eigenvalue weighted by Gasteiger charge is -2.26. The van der Waals surface area contributed by atoms with E-state index in [0.717, 1.165) is 40.6 Å². The number of benzene rings is 2. The number of aryl methyl sites for hydroxylation is 1. The molecular weight excluding hydrogens is 340 g/mol. The lowest BCUT2D eigenvalue weighted by molar-refractivity contribution is 0.476. The molecule has 2 aromatic heterocycles. The molecule has 0 saturated heterocycles. The van der Waals surface area contributed by atoms with E-state index in [0.29, 0.717) is 0 Å². The molecule has 3 nitrogen and oxygen atoms in total. The average molecular weight is 358 g/mol. The van der Waals surface area contributed by atoms with Crippen LogP contribution in [0.3, 0.4) is 0 Å². The SMILES string of the molecule is O=c1c2scc(-c3ccccc3)c2ncn1C1CCCc2ccccc21. The van der Waals surface area contributed by atoms with Gasteiger partial charge in [-0.05, 0) is 36.0 Å². The van der Waals surface area contributed by atoms with Gasteiger partial charge in [0.15, 0.2) is 0 Å². The molecule has 2 aromatic carbocycles. The van der Waals surface area contributed by atoms with Gasteiger partial charge in [-0.2, -0.15) is 0 Å². The first-order chi connectivity index (χ1) is 12.8. The van der Waals surface area contributed by atoms with E-state index in [2.05, 4.69) is 36.4 Å². The Morgan fingerprint density at radius 2 is 1.85 bits per heavy atom. The fraction of sp³-hybridized carbons (Fsp3) is 0.182. The largest absolute Gasteiger partial charge is 0.290 e. The van der Waals surface area contributed by atoms with Gasteiger partial charge in [-0.1, -0.05) is 54.6 Å². The van der Waals surface area contributed by atoms with E-state index in [-0.39, 0.29) is 11.6 Å². The Morgan fingerprint density at radius 1 is 1.04 bits per heavy atom. The molecule has 1 aliphatic rings. The van der Waals surface area contributed by atoms with Gasteiger partial charge >= 0.3 is 0 Å². The fourth-order valence-electron chi connectivity index (χ4n) is 3.98. The monoisotopic (exact) mass is 358 g/mol. The molecule has 0 spiro atoms. The third-order valence-electron chi connectivity index (χ3n) is 5.26. The Labute approximate surface area is 155 Å². The summed E-state index contributed by atoms with van der Waals surface area (Å²) in [6.07, 6.45) is 4.93. The molecule has 2 heterocycles. The van der Waals surface area contributed by atoms with E-state index in [1.807, 2.05) is 28.1 Å². The zero-order valence-electron chi connectivity index (χ0n) is 14.3. The zero-order chi connectivity index (χ0) is 17.5. The van der Waals surface area contributed by atoms with Crippen molar-refractivity contribution in [2.24, 2.45) is 0 Å². The Bertz CT molecular complexity index is 1140. The van der Waals surface area contributed by atoms with E-state index in [9.17, 15) is 4.79 Å². The number of rotatable bonds is 2. The summed E-state index contributed by atoms with van der Waals surface area (Å²) in [5.74, 6) is 0. The van der Waals surface area contributed by atoms with Gasteiger partial charge in [0, 0.05) is 10.9 Å². The van der Waals surface area contributed by atoms with Crippen LogP contribution in [0.4, 0.5) is 0 Å². The van der Waals surface area contributed by atoms with Crippen molar-refractivity contribution < 1.29 is 0 Å². The van der Waals surface area contributed by atoms with Crippen LogP contribution in [0.1, 0.15) is 30.0 Å². The first-order valence-corrected chi connectivity index (χ1v) is 9.82. The van der Waals surface area contributed by atoms with Crippen LogP contribution in [0, 0.1) is 0 Å². The minimum atomic E-state index is 0.0730. The summed E-state index contributed by atoms with van der Waals surface area (Å²) in [4.78, 5) is 17.9. The molecule has 128 valence electrons. The fourth-order valence-corrected chi connectivity index (χ4v) is 4.95. The maximum absolute atomic E-state index is 13.2. The van der Waals surface area contributed by atoms with Crippen LogP contribution >= 0.6 is 11.3 Å². The van der Waals surface area contributed by atoms with Crippen LogP contribution in [0.5, 0.6) is 0 Å². The maximum Gasteiger partial charge on any atom is 0.271 e. The van der Waals surface area contributed by atoms with Crippen molar-refractivity contribution in [3.8, 4) is 11.1 Å². The number of thiophene rings is 1. The van der Waals surface area contributed by atoms with Crippen molar-refractivity contribution in [1.82, 2.24) is 9.55 Å². The minimum absolute atomic E-state index is 0.0730. The van der Waals surface area contributed by atoms with E-state index < -0.39 is 0 Å². The van der Waals surface area contributed by atoms with Crippen LogP contribution in [-0.4, -0.2) is 9.55 Å². The van der Waals surface area contributed by atoms with Gasteiger partial charge in [-0.25, -0.2) is 4.98 Å². The van der Waals surface area contributed by atoms with Crippen LogP contribution < -0.4 is 5.56 Å². The Kier molecular flexibility index (Phi) is 3.71. The van der Waals surface area contributed by atoms with Gasteiger partial charge < -0.3 is 0 Å². The predicted molar refractivity (Wildman–Crippen MR) is 107 cm³/mol. The van der Waals surface area contributed by atoms with Crippen molar-refractivity contribution in [3.05, 3.63) is 87.8 Å². The molecule has 26 heavy (non-hydrogen) atoms. The lowest BCUT2D eigenvalue weighted by atomic mass is 9.87. The van der Waals surface area contributed by atoms with Crippen molar-refractivity contribution in [2.75, 3.05) is 0 Å². The van der Waals surface area contributed by atoms with E-state index in [1.165, 1.54) is 22.5 Å². The summed E-state index contributed by atoms with van der Waals surface area (Å²) in [6, 6.07) is 18.7. The van der Waals surface area contributed by atoms with Crippen molar-refractivity contribution in [2.45, 2.75) is 25.3 Å². The third kappa shape index (κ3) is 2.41.